The largest absolute Gasteiger partial charge is 0.451 e. The van der Waals surface area contributed by atoms with Crippen molar-refractivity contribution in [1.29, 1.82) is 0 Å². The number of hydrogen-bond donors (Lipinski definition) is 2. The number of esters is 3. The summed E-state index contributed by atoms with van der Waals surface area (Å²) in [5, 5.41) is 2.41. The van der Waals surface area contributed by atoms with Gasteiger partial charge in [-0.05, 0) is 46.7 Å². The molecule has 5 atom stereocenters. The molecular formula is C21H30N2O11S3. The predicted molar refractivity (Wildman–Crippen MR) is 130 cm³/mol. The summed E-state index contributed by atoms with van der Waals surface area (Å²) in [4.78, 5) is 47.4. The first-order chi connectivity index (χ1) is 17.0. The third-order valence-electron chi connectivity index (χ3n) is 5.35. The Balaban J connectivity index is 2.11. The summed E-state index contributed by atoms with van der Waals surface area (Å²) in [6.45, 7) is 8.49. The molecule has 37 heavy (non-hydrogen) atoms. The molecule has 1 aromatic heterocycles. The number of fused-ring (bicyclic) bond motifs is 1. The zero-order valence-electron chi connectivity index (χ0n) is 21.1. The lowest BCUT2D eigenvalue weighted by Gasteiger charge is -2.27. The van der Waals surface area contributed by atoms with Gasteiger partial charge in [0, 0.05) is 18.5 Å². The van der Waals surface area contributed by atoms with E-state index in [4.69, 9.17) is 9.47 Å². The molecule has 1 aliphatic rings. The lowest BCUT2D eigenvalue weighted by Crippen LogP contribution is -2.41. The van der Waals surface area contributed by atoms with E-state index in [1.165, 1.54) is 13.0 Å². The van der Waals surface area contributed by atoms with Crippen LogP contribution in [0.5, 0.6) is 0 Å². The minimum absolute atomic E-state index is 0.0804. The Bertz CT molecular complexity index is 1270. The fraction of sp³-hybridized carbons (Fsp3) is 0.619. The lowest BCUT2D eigenvalue weighted by molar-refractivity contribution is -0.178. The van der Waals surface area contributed by atoms with Crippen molar-refractivity contribution >= 4 is 55.0 Å². The molecule has 0 saturated heterocycles. The highest BCUT2D eigenvalue weighted by Gasteiger charge is 2.40. The van der Waals surface area contributed by atoms with Crippen molar-refractivity contribution in [3.63, 3.8) is 0 Å². The van der Waals surface area contributed by atoms with Crippen LogP contribution in [0.4, 0.5) is 0 Å². The number of amides is 1. The number of rotatable bonds is 10. The molecule has 2 rings (SSSR count). The van der Waals surface area contributed by atoms with Gasteiger partial charge in [0.2, 0.25) is 0 Å². The molecule has 208 valence electrons. The van der Waals surface area contributed by atoms with Gasteiger partial charge in [-0.15, -0.1) is 11.3 Å². The highest BCUT2D eigenvalue weighted by atomic mass is 32.3. The van der Waals surface area contributed by atoms with Gasteiger partial charge in [-0.2, -0.15) is 0 Å². The van der Waals surface area contributed by atoms with Crippen molar-refractivity contribution in [2.45, 2.75) is 86.0 Å². The normalized spacial score (nSPS) is 21.0. The van der Waals surface area contributed by atoms with E-state index in [1.54, 1.807) is 11.6 Å². The van der Waals surface area contributed by atoms with E-state index in [2.05, 4.69) is 10.1 Å². The topological polar surface area (TPSA) is 188 Å². The van der Waals surface area contributed by atoms with Crippen LogP contribution in [0, 0.1) is 0 Å². The second-order valence-electron chi connectivity index (χ2n) is 8.39. The Labute approximate surface area is 219 Å². The molecule has 0 bridgehead atoms. The summed E-state index contributed by atoms with van der Waals surface area (Å²) in [5.74, 6) is -4.11. The number of sulfonamides is 1. The monoisotopic (exact) mass is 582 g/mol. The van der Waals surface area contributed by atoms with Crippen LogP contribution >= 0.6 is 11.3 Å². The molecule has 3 unspecified atom stereocenters. The van der Waals surface area contributed by atoms with Gasteiger partial charge in [-0.25, -0.2) is 31.1 Å². The summed E-state index contributed by atoms with van der Waals surface area (Å²) < 4.78 is 66.9. The minimum atomic E-state index is -4.50. The first-order valence-electron chi connectivity index (χ1n) is 11.3. The molecule has 0 aliphatic carbocycles. The summed E-state index contributed by atoms with van der Waals surface area (Å²) in [6.07, 6.45) is -4.12. The van der Waals surface area contributed by atoms with Gasteiger partial charge in [-0.1, -0.05) is 6.92 Å². The maximum atomic E-state index is 12.9. The number of nitrogens with one attached hydrogen (secondary N) is 2. The zero-order valence-corrected chi connectivity index (χ0v) is 23.5. The SMILES string of the molecule is CCN[C@H]1C[C@H](C)S(=O)(=O)c2sc(S(=O)(=O)NC(=O)C(C)OC(=O)C(C)OC(=O)C(C)OC(C)=O)cc21. The number of sulfone groups is 1. The first-order valence-corrected chi connectivity index (χ1v) is 15.1. The molecule has 0 saturated carbocycles. The molecule has 0 aromatic carbocycles. The molecule has 2 heterocycles. The number of thiophene rings is 1. The summed E-state index contributed by atoms with van der Waals surface area (Å²) >= 11 is 0.537. The van der Waals surface area contributed by atoms with Crippen molar-refractivity contribution in [2.24, 2.45) is 0 Å². The van der Waals surface area contributed by atoms with Crippen LogP contribution in [0.3, 0.4) is 0 Å². The van der Waals surface area contributed by atoms with Gasteiger partial charge in [0.15, 0.2) is 28.1 Å². The fourth-order valence-corrected chi connectivity index (χ4v) is 8.42. The maximum absolute atomic E-state index is 12.9. The van der Waals surface area contributed by atoms with Gasteiger partial charge in [0.05, 0.1) is 5.25 Å². The van der Waals surface area contributed by atoms with Crippen molar-refractivity contribution in [3.8, 4) is 0 Å². The third kappa shape index (κ3) is 7.27. The van der Waals surface area contributed by atoms with Gasteiger partial charge in [0.1, 0.15) is 8.42 Å². The fourth-order valence-electron chi connectivity index (χ4n) is 3.38. The molecule has 1 aliphatic heterocycles. The molecule has 1 amide bonds. The quantitative estimate of drug-likeness (QED) is 0.289. The number of carbonyl (C=O) groups is 4. The van der Waals surface area contributed by atoms with Crippen LogP contribution in [0.2, 0.25) is 0 Å². The van der Waals surface area contributed by atoms with Crippen molar-refractivity contribution < 1.29 is 50.2 Å². The number of hydrogen-bond acceptors (Lipinski definition) is 13. The second kappa shape index (κ2) is 11.9. The molecule has 0 spiro atoms. The summed E-state index contributed by atoms with van der Waals surface area (Å²) in [7, 11) is -8.24. The Morgan fingerprint density at radius 1 is 1.05 bits per heavy atom. The van der Waals surface area contributed by atoms with E-state index in [9.17, 15) is 36.0 Å². The standard InChI is InChI=1S/C21H30N2O11S3/c1-7-22-16-8-10(2)36(28,29)21-15(16)9-17(35-21)37(30,31)23-18(25)11(3)33-20(27)13(5)34-19(26)12(4)32-14(6)24/h9-13,16,22H,7-8H2,1-6H3,(H,23,25)/t10-,11?,12?,13?,16-/m0/s1. The van der Waals surface area contributed by atoms with E-state index in [0.717, 1.165) is 20.8 Å². The van der Waals surface area contributed by atoms with Gasteiger partial charge in [0.25, 0.3) is 15.9 Å². The summed E-state index contributed by atoms with van der Waals surface area (Å²) in [5.41, 5.74) is 0.316. The van der Waals surface area contributed by atoms with Crippen LogP contribution in [0.25, 0.3) is 0 Å². The smallest absolute Gasteiger partial charge is 0.347 e. The minimum Gasteiger partial charge on any atom is -0.451 e. The Kier molecular flexibility index (Phi) is 9.84. The van der Waals surface area contributed by atoms with Crippen LogP contribution in [-0.2, 0) is 53.2 Å². The molecule has 2 N–H and O–H groups in total. The summed E-state index contributed by atoms with van der Waals surface area (Å²) in [6, 6.07) is 0.844. The van der Waals surface area contributed by atoms with E-state index in [-0.39, 0.29) is 20.9 Å². The average Bonchev–Trinajstić information content (AvgIpc) is 3.25. The molecule has 0 radical (unpaired) electrons. The molecule has 13 nitrogen and oxygen atoms in total. The van der Waals surface area contributed by atoms with E-state index in [0.29, 0.717) is 23.4 Å². The van der Waals surface area contributed by atoms with Crippen LogP contribution < -0.4 is 10.0 Å². The van der Waals surface area contributed by atoms with Crippen LogP contribution in [-0.4, -0.2) is 70.8 Å². The highest BCUT2D eigenvalue weighted by Crippen LogP contribution is 2.42. The third-order valence-corrected chi connectivity index (χ3v) is 11.1. The van der Waals surface area contributed by atoms with Crippen molar-refractivity contribution in [3.05, 3.63) is 11.6 Å². The molecule has 0 fully saturated rings. The highest BCUT2D eigenvalue weighted by molar-refractivity contribution is 7.95. The van der Waals surface area contributed by atoms with Gasteiger partial charge < -0.3 is 19.5 Å². The van der Waals surface area contributed by atoms with Gasteiger partial charge >= 0.3 is 17.9 Å². The number of ether oxygens (including phenoxy) is 3. The molecular weight excluding hydrogens is 552 g/mol. The van der Waals surface area contributed by atoms with E-state index >= 15 is 0 Å². The Morgan fingerprint density at radius 3 is 2.14 bits per heavy atom. The lowest BCUT2D eigenvalue weighted by atomic mass is 10.1. The molecule has 16 heteroatoms. The average molecular weight is 583 g/mol. The van der Waals surface area contributed by atoms with E-state index in [1.807, 2.05) is 6.92 Å². The van der Waals surface area contributed by atoms with Crippen LogP contribution in [0.15, 0.2) is 14.5 Å². The second-order valence-corrected chi connectivity index (χ2v) is 13.9. The Hall–Kier alpha value is -2.56. The van der Waals surface area contributed by atoms with E-state index < -0.39 is 67.2 Å². The molecule has 1 aromatic rings. The van der Waals surface area contributed by atoms with Crippen molar-refractivity contribution in [1.82, 2.24) is 10.0 Å². The van der Waals surface area contributed by atoms with Crippen molar-refractivity contribution in [2.75, 3.05) is 6.54 Å². The number of carbonyl (C=O) groups excluding carboxylic acids is 4. The zero-order chi connectivity index (χ0) is 28.3. The first kappa shape index (κ1) is 30.7. The maximum Gasteiger partial charge on any atom is 0.347 e. The predicted octanol–water partition coefficient (Wildman–Crippen LogP) is 0.585. The Morgan fingerprint density at radius 2 is 1.59 bits per heavy atom. The van der Waals surface area contributed by atoms with Gasteiger partial charge in [-0.3, -0.25) is 9.59 Å². The van der Waals surface area contributed by atoms with Crippen LogP contribution in [0.1, 0.15) is 59.6 Å².